The Bertz CT molecular complexity index is 1020. The Morgan fingerprint density at radius 3 is 1.52 bits per heavy atom. The number of esters is 3. The molecule has 0 bridgehead atoms. The van der Waals surface area contributed by atoms with E-state index in [4.69, 9.17) is 33.2 Å². The number of ether oxygens (including phenoxy) is 7. The number of hydrogen-bond donors (Lipinski definition) is 0. The van der Waals surface area contributed by atoms with Crippen LogP contribution in [0.1, 0.15) is 195 Å². The lowest BCUT2D eigenvalue weighted by molar-refractivity contribution is -0.161. The summed E-state index contributed by atoms with van der Waals surface area (Å²) in [4.78, 5) is 52.2. The smallest absolute Gasteiger partial charge is 0.465 e. The van der Waals surface area contributed by atoms with Gasteiger partial charge in [-0.25, -0.2) is 4.79 Å². The van der Waals surface area contributed by atoms with Crippen molar-refractivity contribution in [1.29, 1.82) is 0 Å². The van der Waals surface area contributed by atoms with Crippen molar-refractivity contribution in [3.05, 3.63) is 12.2 Å². The highest BCUT2D eigenvalue weighted by molar-refractivity contribution is 5.70. The Labute approximate surface area is 365 Å². The number of carbonyl (C=O) groups excluding carboxylic acids is 4. The quantitative estimate of drug-likeness (QED) is 0.0190. The van der Waals surface area contributed by atoms with E-state index >= 15 is 0 Å². The van der Waals surface area contributed by atoms with E-state index in [9.17, 15) is 19.2 Å². The highest BCUT2D eigenvalue weighted by Gasteiger charge is 2.20. The summed E-state index contributed by atoms with van der Waals surface area (Å²) >= 11 is 0. The molecule has 0 spiro atoms. The van der Waals surface area contributed by atoms with Crippen LogP contribution < -0.4 is 0 Å². The number of rotatable bonds is 44. The molecular weight excluding hydrogens is 767 g/mol. The van der Waals surface area contributed by atoms with Crippen molar-refractivity contribution in [2.24, 2.45) is 5.92 Å². The van der Waals surface area contributed by atoms with Gasteiger partial charge in [0.1, 0.15) is 26.4 Å². The van der Waals surface area contributed by atoms with Crippen molar-refractivity contribution in [2.45, 2.75) is 201 Å². The van der Waals surface area contributed by atoms with Crippen LogP contribution >= 0.6 is 0 Å². The molecule has 0 fully saturated rings. The topological polar surface area (TPSA) is 136 Å². The van der Waals surface area contributed by atoms with Gasteiger partial charge in [-0.3, -0.25) is 14.4 Å². The largest absolute Gasteiger partial charge is 0.508 e. The second-order valence-corrected chi connectivity index (χ2v) is 15.8. The molecule has 0 amide bonds. The van der Waals surface area contributed by atoms with Crippen molar-refractivity contribution in [3.8, 4) is 0 Å². The Balaban J connectivity index is 4.90. The summed E-state index contributed by atoms with van der Waals surface area (Å²) in [6, 6.07) is 0. The molecule has 0 aliphatic rings. The zero-order valence-corrected chi connectivity index (χ0v) is 39.0. The minimum atomic E-state index is -0.818. The van der Waals surface area contributed by atoms with Crippen LogP contribution in [0.4, 0.5) is 4.79 Å². The maximum atomic E-state index is 12.9. The fraction of sp³-hybridized carbons (Fsp3) is 0.875. The van der Waals surface area contributed by atoms with Crippen molar-refractivity contribution in [2.75, 3.05) is 65.9 Å². The molecule has 0 aliphatic heterocycles. The van der Waals surface area contributed by atoms with E-state index in [2.05, 4.69) is 45.6 Å². The molecule has 0 heterocycles. The van der Waals surface area contributed by atoms with Crippen LogP contribution in [-0.4, -0.2) is 101 Å². The Hall–Kier alpha value is -2.70. The molecule has 0 aliphatic carbocycles. The number of nitrogens with zero attached hydrogens (tertiary/aromatic N) is 1. The lowest BCUT2D eigenvalue weighted by Crippen LogP contribution is -2.28. The third kappa shape index (κ3) is 39.4. The fourth-order valence-electron chi connectivity index (χ4n) is 6.37. The standard InChI is InChI=1S/C48H89NO11/c1-6-11-14-17-20-23-27-36-54-44(50)31-25-24-26-32-45(51)58-40-43(42-60-48(53)57-39-30-35-49(9-4)10-5)41-59-46(52)33-34-47(55-37-28-21-18-15-12-7-2)56-38-29-22-19-16-13-8-3/h23,27,43,47H,6-22,24-26,28-42H2,1-5H3. The van der Waals surface area contributed by atoms with Gasteiger partial charge in [0.05, 0.1) is 18.9 Å². The van der Waals surface area contributed by atoms with Crippen LogP contribution in [0.15, 0.2) is 12.2 Å². The molecule has 352 valence electrons. The SMILES string of the molecule is CCCCCCC=CCOC(=O)CCCCCC(=O)OCC(COC(=O)CCC(OCCCCCCCC)OCCCCCCCC)COC(=O)OCCCN(CC)CC. The zero-order valence-electron chi connectivity index (χ0n) is 39.0. The summed E-state index contributed by atoms with van der Waals surface area (Å²) in [5.74, 6) is -1.67. The molecule has 12 heteroatoms. The van der Waals surface area contributed by atoms with E-state index in [1.54, 1.807) is 0 Å². The van der Waals surface area contributed by atoms with Gasteiger partial charge in [0, 0.05) is 39.0 Å². The van der Waals surface area contributed by atoms with E-state index in [-0.39, 0.29) is 51.8 Å². The summed E-state index contributed by atoms with van der Waals surface area (Å²) in [5.41, 5.74) is 0. The van der Waals surface area contributed by atoms with Gasteiger partial charge >= 0.3 is 24.1 Å². The van der Waals surface area contributed by atoms with Gasteiger partial charge < -0.3 is 38.1 Å². The fourth-order valence-corrected chi connectivity index (χ4v) is 6.37. The van der Waals surface area contributed by atoms with Crippen LogP contribution in [0.3, 0.4) is 0 Å². The maximum absolute atomic E-state index is 12.9. The highest BCUT2D eigenvalue weighted by atomic mass is 16.7. The number of allylic oxidation sites excluding steroid dienone is 1. The van der Waals surface area contributed by atoms with Crippen molar-refractivity contribution in [1.82, 2.24) is 4.90 Å². The molecule has 1 unspecified atom stereocenters. The van der Waals surface area contributed by atoms with Gasteiger partial charge in [-0.1, -0.05) is 137 Å². The molecule has 0 aromatic heterocycles. The molecule has 0 rings (SSSR count). The third-order valence-corrected chi connectivity index (χ3v) is 10.3. The first-order valence-corrected chi connectivity index (χ1v) is 24.2. The van der Waals surface area contributed by atoms with Crippen LogP contribution in [0, 0.1) is 5.92 Å². The van der Waals surface area contributed by atoms with Crippen molar-refractivity contribution >= 4 is 24.1 Å². The average Bonchev–Trinajstić information content (AvgIpc) is 3.25. The first-order valence-electron chi connectivity index (χ1n) is 24.2. The van der Waals surface area contributed by atoms with Gasteiger partial charge in [0.2, 0.25) is 0 Å². The van der Waals surface area contributed by atoms with E-state index in [1.165, 1.54) is 70.6 Å². The summed E-state index contributed by atoms with van der Waals surface area (Å²) in [6.07, 6.45) is 25.9. The molecule has 60 heavy (non-hydrogen) atoms. The molecule has 0 radical (unpaired) electrons. The van der Waals surface area contributed by atoms with Gasteiger partial charge in [0.15, 0.2) is 6.29 Å². The third-order valence-electron chi connectivity index (χ3n) is 10.3. The Kier molecular flexibility index (Phi) is 42.4. The highest BCUT2D eigenvalue weighted by Crippen LogP contribution is 2.14. The summed E-state index contributed by atoms with van der Waals surface area (Å²) in [5, 5.41) is 0. The first-order chi connectivity index (χ1) is 29.3. The van der Waals surface area contributed by atoms with Gasteiger partial charge in [-0.05, 0) is 58.0 Å². The number of unbranched alkanes of at least 4 members (excludes halogenated alkanes) is 16. The molecule has 1 atom stereocenters. The predicted octanol–water partition coefficient (Wildman–Crippen LogP) is 11.5. The van der Waals surface area contributed by atoms with Gasteiger partial charge in [-0.2, -0.15) is 0 Å². The molecule has 0 aromatic carbocycles. The van der Waals surface area contributed by atoms with E-state index in [1.807, 2.05) is 6.08 Å². The lowest BCUT2D eigenvalue weighted by Gasteiger charge is -2.20. The number of hydrogen-bond acceptors (Lipinski definition) is 12. The first kappa shape index (κ1) is 57.3. The van der Waals surface area contributed by atoms with Crippen LogP contribution in [0.5, 0.6) is 0 Å². The minimum absolute atomic E-state index is 0.0921. The molecule has 12 nitrogen and oxygen atoms in total. The zero-order chi connectivity index (χ0) is 44.2. The summed E-state index contributed by atoms with van der Waals surface area (Å²) < 4.78 is 39.1. The van der Waals surface area contributed by atoms with Crippen LogP contribution in [0.25, 0.3) is 0 Å². The average molecular weight is 856 g/mol. The van der Waals surface area contributed by atoms with Crippen LogP contribution in [0.2, 0.25) is 0 Å². The van der Waals surface area contributed by atoms with Gasteiger partial charge in [-0.15, -0.1) is 0 Å². The lowest BCUT2D eigenvalue weighted by atomic mass is 10.1. The molecule has 0 saturated heterocycles. The Morgan fingerprint density at radius 1 is 0.467 bits per heavy atom. The van der Waals surface area contributed by atoms with Crippen molar-refractivity contribution < 1.29 is 52.3 Å². The Morgan fingerprint density at radius 2 is 0.950 bits per heavy atom. The predicted molar refractivity (Wildman–Crippen MR) is 239 cm³/mol. The van der Waals surface area contributed by atoms with Gasteiger partial charge in [0.25, 0.3) is 0 Å². The maximum Gasteiger partial charge on any atom is 0.508 e. The van der Waals surface area contributed by atoms with Crippen molar-refractivity contribution in [3.63, 3.8) is 0 Å². The van der Waals surface area contributed by atoms with E-state index in [0.717, 1.165) is 58.2 Å². The molecular formula is C48H89NO11. The normalized spacial score (nSPS) is 12.0. The molecule has 0 aromatic rings. The molecule has 0 saturated carbocycles. The van der Waals surface area contributed by atoms with Crippen LogP contribution in [-0.2, 0) is 47.5 Å². The second kappa shape index (κ2) is 44.4. The second-order valence-electron chi connectivity index (χ2n) is 15.8. The monoisotopic (exact) mass is 856 g/mol. The van der Waals surface area contributed by atoms with E-state index < -0.39 is 30.3 Å². The number of carbonyl (C=O) groups is 4. The minimum Gasteiger partial charge on any atom is -0.465 e. The summed E-state index contributed by atoms with van der Waals surface area (Å²) in [7, 11) is 0. The summed E-state index contributed by atoms with van der Waals surface area (Å²) in [6.45, 7) is 14.8. The van der Waals surface area contributed by atoms with E-state index in [0.29, 0.717) is 51.7 Å². The molecule has 0 N–H and O–H groups in total.